The highest BCUT2D eigenvalue weighted by atomic mass is 79.9. The number of alkyl halides is 1. The molecule has 1 aromatic carbocycles. The van der Waals surface area contributed by atoms with Gasteiger partial charge in [-0.2, -0.15) is 0 Å². The van der Waals surface area contributed by atoms with E-state index in [2.05, 4.69) is 33.9 Å². The molecule has 0 saturated carbocycles. The summed E-state index contributed by atoms with van der Waals surface area (Å²) in [6.07, 6.45) is 1.09. The number of carbonyl (C=O) groups excluding carboxylic acids is 1. The Hall–Kier alpha value is -0.670. The summed E-state index contributed by atoms with van der Waals surface area (Å²) in [5, 5.41) is 0.404. The second kappa shape index (κ2) is 4.45. The quantitative estimate of drug-likeness (QED) is 0.605. The zero-order valence-corrected chi connectivity index (χ0v) is 10.4. The van der Waals surface area contributed by atoms with Gasteiger partial charge in [-0.25, -0.2) is 0 Å². The van der Waals surface area contributed by atoms with Crippen molar-refractivity contribution in [3.63, 3.8) is 0 Å². The minimum atomic E-state index is 0.158. The predicted octanol–water partition coefficient (Wildman–Crippen LogP) is 2.25. The molecule has 0 atom stereocenters. The fourth-order valence-electron chi connectivity index (χ4n) is 1.95. The van der Waals surface area contributed by atoms with Gasteiger partial charge in [-0.15, -0.1) is 0 Å². The summed E-state index contributed by atoms with van der Waals surface area (Å²) in [4.78, 5) is 13.8. The van der Waals surface area contributed by atoms with Gasteiger partial charge in [0, 0.05) is 18.7 Å². The van der Waals surface area contributed by atoms with E-state index in [1.54, 1.807) is 0 Å². The van der Waals surface area contributed by atoms with Crippen LogP contribution >= 0.6 is 15.9 Å². The highest BCUT2D eigenvalue weighted by Crippen LogP contribution is 2.19. The van der Waals surface area contributed by atoms with Crippen molar-refractivity contribution in [3.8, 4) is 0 Å². The third-order valence-corrected chi connectivity index (χ3v) is 3.36. The first-order valence-electron chi connectivity index (χ1n) is 5.10. The summed E-state index contributed by atoms with van der Waals surface area (Å²) < 4.78 is 0. The van der Waals surface area contributed by atoms with Crippen molar-refractivity contribution < 1.29 is 4.79 Å². The van der Waals surface area contributed by atoms with E-state index >= 15 is 0 Å². The van der Waals surface area contributed by atoms with Crippen LogP contribution in [0.15, 0.2) is 18.2 Å². The minimum absolute atomic E-state index is 0.158. The van der Waals surface area contributed by atoms with Gasteiger partial charge in [-0.1, -0.05) is 28.1 Å². The molecule has 0 aliphatic carbocycles. The summed E-state index contributed by atoms with van der Waals surface area (Å²) in [6.45, 7) is 2.07. The van der Waals surface area contributed by atoms with Gasteiger partial charge in [0.25, 0.3) is 0 Å². The van der Waals surface area contributed by atoms with Crippen molar-refractivity contribution in [1.29, 1.82) is 0 Å². The molecule has 0 bridgehead atoms. The zero-order valence-electron chi connectivity index (χ0n) is 8.79. The van der Waals surface area contributed by atoms with E-state index in [0.29, 0.717) is 5.33 Å². The Morgan fingerprint density at radius 2 is 2.27 bits per heavy atom. The lowest BCUT2D eigenvalue weighted by molar-refractivity contribution is 0.102. The minimum Gasteiger partial charge on any atom is -0.302 e. The average Bonchev–Trinajstić information content (AvgIpc) is 2.27. The molecule has 80 valence electrons. The molecular formula is C12H14BrNO. The summed E-state index contributed by atoms with van der Waals surface area (Å²) in [5.74, 6) is 0.158. The van der Waals surface area contributed by atoms with Crippen LogP contribution < -0.4 is 0 Å². The number of benzene rings is 1. The lowest BCUT2D eigenvalue weighted by Crippen LogP contribution is -2.26. The smallest absolute Gasteiger partial charge is 0.173 e. The van der Waals surface area contributed by atoms with Gasteiger partial charge in [0.05, 0.1) is 5.33 Å². The van der Waals surface area contributed by atoms with Crippen LogP contribution in [0, 0.1) is 0 Å². The molecule has 1 aromatic rings. The Labute approximate surface area is 98.4 Å². The molecule has 0 spiro atoms. The van der Waals surface area contributed by atoms with E-state index in [-0.39, 0.29) is 5.78 Å². The molecule has 0 saturated heterocycles. The molecule has 1 aliphatic heterocycles. The topological polar surface area (TPSA) is 20.3 Å². The number of ketones is 1. The van der Waals surface area contributed by atoms with E-state index in [9.17, 15) is 4.79 Å². The molecule has 2 rings (SSSR count). The summed E-state index contributed by atoms with van der Waals surface area (Å²) >= 11 is 3.20. The highest BCUT2D eigenvalue weighted by molar-refractivity contribution is 9.09. The van der Waals surface area contributed by atoms with Gasteiger partial charge in [-0.05, 0) is 30.7 Å². The summed E-state index contributed by atoms with van der Waals surface area (Å²) in [6, 6.07) is 6.07. The Morgan fingerprint density at radius 1 is 1.47 bits per heavy atom. The van der Waals surface area contributed by atoms with Crippen molar-refractivity contribution in [3.05, 3.63) is 34.9 Å². The zero-order chi connectivity index (χ0) is 10.8. The number of nitrogens with zero attached hydrogens (tertiary/aromatic N) is 1. The maximum absolute atomic E-state index is 11.5. The second-order valence-electron chi connectivity index (χ2n) is 4.03. The predicted molar refractivity (Wildman–Crippen MR) is 64.6 cm³/mol. The number of hydrogen-bond donors (Lipinski definition) is 0. The second-order valence-corrected chi connectivity index (χ2v) is 4.59. The van der Waals surface area contributed by atoms with Crippen molar-refractivity contribution >= 4 is 21.7 Å². The normalized spacial score (nSPS) is 16.1. The van der Waals surface area contributed by atoms with Crippen molar-refractivity contribution in [1.82, 2.24) is 4.90 Å². The Kier molecular flexibility index (Phi) is 3.22. The molecule has 0 amide bonds. The van der Waals surface area contributed by atoms with Crippen molar-refractivity contribution in [2.24, 2.45) is 0 Å². The Balaban J connectivity index is 2.32. The summed E-state index contributed by atoms with van der Waals surface area (Å²) in [7, 11) is 2.11. The molecule has 0 N–H and O–H groups in total. The molecule has 3 heteroatoms. The largest absolute Gasteiger partial charge is 0.302 e. The lowest BCUT2D eigenvalue weighted by Gasteiger charge is -2.25. The van der Waals surface area contributed by atoms with E-state index < -0.39 is 0 Å². The van der Waals surface area contributed by atoms with Crippen LogP contribution in [0.4, 0.5) is 0 Å². The number of rotatable bonds is 2. The summed E-state index contributed by atoms with van der Waals surface area (Å²) in [5.41, 5.74) is 3.51. The first-order valence-corrected chi connectivity index (χ1v) is 6.22. The van der Waals surface area contributed by atoms with E-state index in [1.165, 1.54) is 11.1 Å². The van der Waals surface area contributed by atoms with Crippen LogP contribution in [-0.2, 0) is 13.0 Å². The Morgan fingerprint density at radius 3 is 3.00 bits per heavy atom. The maximum atomic E-state index is 11.5. The molecular weight excluding hydrogens is 254 g/mol. The number of Topliss-reactive ketones (excluding diaryl/α,β-unsaturated/α-hetero) is 1. The molecule has 15 heavy (non-hydrogen) atoms. The van der Waals surface area contributed by atoms with Crippen LogP contribution in [0.1, 0.15) is 21.5 Å². The number of carbonyl (C=O) groups is 1. The van der Waals surface area contributed by atoms with Crippen molar-refractivity contribution in [2.45, 2.75) is 13.0 Å². The van der Waals surface area contributed by atoms with Gasteiger partial charge >= 0.3 is 0 Å². The maximum Gasteiger partial charge on any atom is 0.173 e. The molecule has 1 heterocycles. The first-order chi connectivity index (χ1) is 7.20. The lowest BCUT2D eigenvalue weighted by atomic mass is 9.97. The number of likely N-dealkylation sites (N-methyl/N-ethyl adjacent to an activating group) is 1. The van der Waals surface area contributed by atoms with Crippen LogP contribution in [0.5, 0.6) is 0 Å². The molecule has 1 aliphatic rings. The number of fused-ring (bicyclic) bond motifs is 1. The Bertz CT molecular complexity index is 389. The van der Waals surface area contributed by atoms with Gasteiger partial charge < -0.3 is 4.90 Å². The first kappa shape index (κ1) is 10.8. The number of hydrogen-bond acceptors (Lipinski definition) is 2. The standard InChI is InChI=1S/C12H14BrNO/c1-14-5-4-9-2-3-10(12(15)7-13)6-11(9)8-14/h2-3,6H,4-5,7-8H2,1H3. The molecule has 2 nitrogen and oxygen atoms in total. The average molecular weight is 268 g/mol. The van der Waals surface area contributed by atoms with Gasteiger partial charge in [0.1, 0.15) is 0 Å². The van der Waals surface area contributed by atoms with E-state index in [0.717, 1.165) is 25.1 Å². The van der Waals surface area contributed by atoms with Crippen LogP contribution in [0.25, 0.3) is 0 Å². The van der Waals surface area contributed by atoms with Crippen LogP contribution in [0.3, 0.4) is 0 Å². The van der Waals surface area contributed by atoms with E-state index in [1.807, 2.05) is 12.1 Å². The van der Waals surface area contributed by atoms with Gasteiger partial charge in [-0.3, -0.25) is 4.79 Å². The molecule has 0 radical (unpaired) electrons. The number of halogens is 1. The van der Waals surface area contributed by atoms with Gasteiger partial charge in [0.2, 0.25) is 0 Å². The van der Waals surface area contributed by atoms with Crippen LogP contribution in [0.2, 0.25) is 0 Å². The highest BCUT2D eigenvalue weighted by Gasteiger charge is 2.14. The SMILES string of the molecule is CN1CCc2ccc(C(=O)CBr)cc2C1. The van der Waals surface area contributed by atoms with E-state index in [4.69, 9.17) is 0 Å². The molecule has 0 fully saturated rings. The van der Waals surface area contributed by atoms with Gasteiger partial charge in [0.15, 0.2) is 5.78 Å². The third kappa shape index (κ3) is 2.29. The monoisotopic (exact) mass is 267 g/mol. The van der Waals surface area contributed by atoms with Crippen LogP contribution in [-0.4, -0.2) is 29.6 Å². The molecule has 0 aromatic heterocycles. The third-order valence-electron chi connectivity index (χ3n) is 2.85. The fourth-order valence-corrected chi connectivity index (χ4v) is 2.27. The fraction of sp³-hybridized carbons (Fsp3) is 0.417. The molecule has 0 unspecified atom stereocenters. The van der Waals surface area contributed by atoms with Crippen molar-refractivity contribution in [2.75, 3.05) is 18.9 Å².